The maximum atomic E-state index is 4.05. The Balaban J connectivity index is 2.59. The molecule has 0 aliphatic heterocycles. The summed E-state index contributed by atoms with van der Waals surface area (Å²) in [6.07, 6.45) is 7.20. The Morgan fingerprint density at radius 1 is 1.67 bits per heavy atom. The lowest BCUT2D eigenvalue weighted by atomic mass is 10.1. The van der Waals surface area contributed by atoms with Gasteiger partial charge < -0.3 is 4.57 Å². The molecule has 0 bridgehead atoms. The first-order chi connectivity index (χ1) is 5.75. The highest BCUT2D eigenvalue weighted by atomic mass is 15.0. The summed E-state index contributed by atoms with van der Waals surface area (Å²) in [5.41, 5.74) is 2.35. The van der Waals surface area contributed by atoms with Crippen LogP contribution in [0.25, 0.3) is 5.57 Å². The predicted octanol–water partition coefficient (Wildman–Crippen LogP) is 2.62. The van der Waals surface area contributed by atoms with Crippen molar-refractivity contribution < 1.29 is 0 Å². The fraction of sp³-hybridized carbons (Fsp3) is 0.500. The van der Waals surface area contributed by atoms with E-state index >= 15 is 0 Å². The van der Waals surface area contributed by atoms with Gasteiger partial charge in [0, 0.05) is 7.05 Å². The van der Waals surface area contributed by atoms with E-state index in [9.17, 15) is 0 Å². The fourth-order valence-corrected chi connectivity index (χ4v) is 1.22. The smallest absolute Gasteiger partial charge is 0.0948 e. The van der Waals surface area contributed by atoms with E-state index in [-0.39, 0.29) is 0 Å². The van der Waals surface area contributed by atoms with Crippen LogP contribution in [0.15, 0.2) is 19.1 Å². The maximum absolute atomic E-state index is 4.05. The van der Waals surface area contributed by atoms with E-state index in [4.69, 9.17) is 0 Å². The van der Waals surface area contributed by atoms with Crippen molar-refractivity contribution in [1.29, 1.82) is 0 Å². The largest absolute Gasteiger partial charge is 0.334 e. The molecule has 0 amide bonds. The van der Waals surface area contributed by atoms with Crippen LogP contribution in [0.1, 0.15) is 31.9 Å². The molecule has 1 rings (SSSR count). The van der Waals surface area contributed by atoms with E-state index in [1.807, 2.05) is 24.1 Å². The fourth-order valence-electron chi connectivity index (χ4n) is 1.22. The second-order valence-corrected chi connectivity index (χ2v) is 3.10. The van der Waals surface area contributed by atoms with E-state index in [0.29, 0.717) is 0 Å². The minimum atomic E-state index is 1.08. The van der Waals surface area contributed by atoms with Crippen molar-refractivity contribution in [3.8, 4) is 0 Å². The van der Waals surface area contributed by atoms with Gasteiger partial charge in [-0.15, -0.1) is 0 Å². The summed E-state index contributed by atoms with van der Waals surface area (Å²) < 4.78 is 2.01. The number of allylic oxidation sites excluding steroid dienone is 1. The third kappa shape index (κ3) is 1.97. The van der Waals surface area contributed by atoms with E-state index in [1.165, 1.54) is 18.4 Å². The second-order valence-electron chi connectivity index (χ2n) is 3.10. The molecule has 0 N–H and O–H groups in total. The van der Waals surface area contributed by atoms with Crippen LogP contribution in [0.5, 0.6) is 0 Å². The van der Waals surface area contributed by atoms with Crippen LogP contribution in [-0.4, -0.2) is 9.55 Å². The van der Waals surface area contributed by atoms with Gasteiger partial charge in [0.25, 0.3) is 0 Å². The van der Waals surface area contributed by atoms with Crippen molar-refractivity contribution in [1.82, 2.24) is 9.55 Å². The number of imidazole rings is 1. The number of hydrogen-bond donors (Lipinski definition) is 0. The van der Waals surface area contributed by atoms with Gasteiger partial charge in [0.1, 0.15) is 0 Å². The highest BCUT2D eigenvalue weighted by Crippen LogP contribution is 2.16. The highest BCUT2D eigenvalue weighted by molar-refractivity contribution is 5.59. The lowest BCUT2D eigenvalue weighted by molar-refractivity contribution is 0.811. The summed E-state index contributed by atoms with van der Waals surface area (Å²) in [4.78, 5) is 4.05. The molecular formula is C10H16N2. The zero-order valence-corrected chi connectivity index (χ0v) is 7.88. The summed E-state index contributed by atoms with van der Waals surface area (Å²) in [6, 6.07) is 0. The third-order valence-corrected chi connectivity index (χ3v) is 2.01. The van der Waals surface area contributed by atoms with Crippen molar-refractivity contribution in [3.05, 3.63) is 24.8 Å². The molecule has 0 aliphatic carbocycles. The molecule has 0 saturated carbocycles. The van der Waals surface area contributed by atoms with Gasteiger partial charge in [0.2, 0.25) is 0 Å². The van der Waals surface area contributed by atoms with Crippen molar-refractivity contribution in [3.63, 3.8) is 0 Å². The topological polar surface area (TPSA) is 17.8 Å². The average Bonchev–Trinajstić information content (AvgIpc) is 2.47. The molecule has 2 heteroatoms. The quantitative estimate of drug-likeness (QED) is 0.669. The van der Waals surface area contributed by atoms with E-state index in [0.717, 1.165) is 12.1 Å². The average molecular weight is 164 g/mol. The van der Waals surface area contributed by atoms with Crippen LogP contribution >= 0.6 is 0 Å². The lowest BCUT2D eigenvalue weighted by Gasteiger charge is -2.04. The molecular weight excluding hydrogens is 148 g/mol. The van der Waals surface area contributed by atoms with E-state index in [1.54, 1.807) is 0 Å². The summed E-state index contributed by atoms with van der Waals surface area (Å²) in [5, 5.41) is 0. The summed E-state index contributed by atoms with van der Waals surface area (Å²) in [6.45, 7) is 6.23. The number of hydrogen-bond acceptors (Lipinski definition) is 1. The molecule has 0 atom stereocenters. The predicted molar refractivity (Wildman–Crippen MR) is 51.8 cm³/mol. The van der Waals surface area contributed by atoms with Crippen molar-refractivity contribution in [2.75, 3.05) is 0 Å². The van der Waals surface area contributed by atoms with Gasteiger partial charge in [-0.25, -0.2) is 4.98 Å². The van der Waals surface area contributed by atoms with Gasteiger partial charge >= 0.3 is 0 Å². The molecule has 0 fully saturated rings. The van der Waals surface area contributed by atoms with Gasteiger partial charge in [-0.05, 0) is 18.4 Å². The second kappa shape index (κ2) is 4.10. The molecule has 12 heavy (non-hydrogen) atoms. The Bertz CT molecular complexity index is 261. The van der Waals surface area contributed by atoms with Gasteiger partial charge in [-0.2, -0.15) is 0 Å². The molecule has 0 spiro atoms. The molecule has 1 aromatic rings. The molecule has 2 nitrogen and oxygen atoms in total. The summed E-state index contributed by atoms with van der Waals surface area (Å²) >= 11 is 0. The molecule has 1 aromatic heterocycles. The Kier molecular flexibility index (Phi) is 3.09. The minimum absolute atomic E-state index is 1.08. The highest BCUT2D eigenvalue weighted by Gasteiger charge is 2.01. The van der Waals surface area contributed by atoms with Crippen LogP contribution in [0.4, 0.5) is 0 Å². The van der Waals surface area contributed by atoms with Crippen molar-refractivity contribution >= 4 is 5.57 Å². The SMILES string of the molecule is C=C(CCCC)c1cncn1C. The molecule has 0 unspecified atom stereocenters. The maximum Gasteiger partial charge on any atom is 0.0948 e. The van der Waals surface area contributed by atoms with Gasteiger partial charge in [-0.3, -0.25) is 0 Å². The minimum Gasteiger partial charge on any atom is -0.334 e. The zero-order chi connectivity index (χ0) is 8.97. The molecule has 1 heterocycles. The number of aromatic nitrogens is 2. The van der Waals surface area contributed by atoms with E-state index in [2.05, 4.69) is 18.5 Å². The summed E-state index contributed by atoms with van der Waals surface area (Å²) in [5.74, 6) is 0. The van der Waals surface area contributed by atoms with Crippen LogP contribution in [0, 0.1) is 0 Å². The molecule has 0 radical (unpaired) electrons. The first-order valence-electron chi connectivity index (χ1n) is 4.40. The Labute approximate surface area is 73.9 Å². The number of unbranched alkanes of at least 4 members (excludes halogenated alkanes) is 1. The Hall–Kier alpha value is -1.05. The van der Waals surface area contributed by atoms with Crippen LogP contribution < -0.4 is 0 Å². The van der Waals surface area contributed by atoms with Gasteiger partial charge in [-0.1, -0.05) is 19.9 Å². The summed E-state index contributed by atoms with van der Waals surface area (Å²) in [7, 11) is 2.00. The zero-order valence-electron chi connectivity index (χ0n) is 7.88. The monoisotopic (exact) mass is 164 g/mol. The normalized spacial score (nSPS) is 10.2. The molecule has 66 valence electrons. The van der Waals surface area contributed by atoms with Crippen molar-refractivity contribution in [2.24, 2.45) is 7.05 Å². The molecule has 0 aliphatic rings. The first kappa shape index (κ1) is 9.04. The molecule has 0 saturated heterocycles. The van der Waals surface area contributed by atoms with Crippen LogP contribution in [0.2, 0.25) is 0 Å². The van der Waals surface area contributed by atoms with Crippen LogP contribution in [-0.2, 0) is 7.05 Å². The first-order valence-corrected chi connectivity index (χ1v) is 4.40. The van der Waals surface area contributed by atoms with Crippen molar-refractivity contribution in [2.45, 2.75) is 26.2 Å². The third-order valence-electron chi connectivity index (χ3n) is 2.01. The van der Waals surface area contributed by atoms with Gasteiger partial charge in [0.15, 0.2) is 0 Å². The van der Waals surface area contributed by atoms with Gasteiger partial charge in [0.05, 0.1) is 18.2 Å². The number of rotatable bonds is 4. The van der Waals surface area contributed by atoms with Crippen LogP contribution in [0.3, 0.4) is 0 Å². The standard InChI is InChI=1S/C10H16N2/c1-4-5-6-9(2)10-7-11-8-12(10)3/h7-8H,2,4-6H2,1,3H3. The van der Waals surface area contributed by atoms with E-state index < -0.39 is 0 Å². The molecule has 0 aromatic carbocycles. The lowest BCUT2D eigenvalue weighted by Crippen LogP contribution is -1.93. The number of aryl methyl sites for hydroxylation is 1. The Morgan fingerprint density at radius 2 is 2.42 bits per heavy atom. The Morgan fingerprint density at radius 3 is 2.92 bits per heavy atom. The number of nitrogens with zero attached hydrogens (tertiary/aromatic N) is 2.